The highest BCUT2D eigenvalue weighted by atomic mass is 35.5. The molecule has 1 fully saturated rings. The second-order valence-electron chi connectivity index (χ2n) is 9.58. The molecular formula is C27H26Cl2F2N4O5S. The van der Waals surface area contributed by atoms with Gasteiger partial charge < -0.3 is 16.2 Å². The van der Waals surface area contributed by atoms with Gasteiger partial charge in [-0.2, -0.15) is 0 Å². The topological polar surface area (TPSA) is 133 Å². The number of nitrogens with one attached hydrogen (secondary N) is 1. The Kier molecular flexibility index (Phi) is 9.19. The van der Waals surface area contributed by atoms with Crippen LogP contribution in [0.25, 0.3) is 0 Å². The molecule has 2 amide bonds. The summed E-state index contributed by atoms with van der Waals surface area (Å²) < 4.78 is 55.2. The van der Waals surface area contributed by atoms with Gasteiger partial charge in [-0.15, -0.1) is 0 Å². The molecule has 4 N–H and O–H groups in total. The van der Waals surface area contributed by atoms with Crippen molar-refractivity contribution in [1.82, 2.24) is 10.2 Å². The summed E-state index contributed by atoms with van der Waals surface area (Å²) in [5.74, 6) is -3.88. The number of hydrogen-bond donors (Lipinski definition) is 3. The first-order valence-corrected chi connectivity index (χ1v) is 14.8. The van der Waals surface area contributed by atoms with E-state index >= 15 is 0 Å². The van der Waals surface area contributed by atoms with Crippen molar-refractivity contribution in [2.45, 2.75) is 24.2 Å². The van der Waals surface area contributed by atoms with Gasteiger partial charge in [-0.1, -0.05) is 47.5 Å². The first-order valence-electron chi connectivity index (χ1n) is 12.2. The van der Waals surface area contributed by atoms with E-state index in [1.54, 1.807) is 53.4 Å². The number of carbonyl (C=O) groups excluding carboxylic acids is 2. The maximum Gasteiger partial charge on any atom is 0.251 e. The minimum Gasteiger partial charge on any atom is -0.382 e. The largest absolute Gasteiger partial charge is 0.382 e. The van der Waals surface area contributed by atoms with E-state index in [1.807, 2.05) is 0 Å². The molecule has 1 heterocycles. The van der Waals surface area contributed by atoms with Crippen LogP contribution in [0, 0.1) is 11.6 Å². The molecule has 1 aliphatic rings. The molecule has 0 radical (unpaired) electrons. The standard InChI is InChI=1S/C27H26Cl2F2N4O5S/c1-41(39,40)35(21-11-19(30)10-20(31)12-21)22-14-34(25(22)26(37)27(38)33-13-23(32)36)24(15-2-6-17(28)7-3-15)16-4-8-18(29)9-5-16/h2-12,22,24-26,37H,13-14H2,1H3,(H2,32,36)(H,33,38). The van der Waals surface area contributed by atoms with Gasteiger partial charge in [-0.3, -0.25) is 18.8 Å². The van der Waals surface area contributed by atoms with Crippen molar-refractivity contribution in [2.75, 3.05) is 23.7 Å². The Balaban J connectivity index is 1.84. The fourth-order valence-corrected chi connectivity index (χ4v) is 6.43. The highest BCUT2D eigenvalue weighted by Gasteiger charge is 2.53. The summed E-state index contributed by atoms with van der Waals surface area (Å²) in [5.41, 5.74) is 6.18. The monoisotopic (exact) mass is 626 g/mol. The van der Waals surface area contributed by atoms with Crippen LogP contribution in [0.4, 0.5) is 14.5 Å². The molecule has 0 spiro atoms. The summed E-state index contributed by atoms with van der Waals surface area (Å²) in [6, 6.07) is 12.8. The fourth-order valence-electron chi connectivity index (χ4n) is 5.01. The van der Waals surface area contributed by atoms with Crippen LogP contribution >= 0.6 is 23.2 Å². The normalized spacial score (nSPS) is 18.0. The fraction of sp³-hybridized carbons (Fsp3) is 0.259. The molecule has 41 heavy (non-hydrogen) atoms. The van der Waals surface area contributed by atoms with Gasteiger partial charge in [-0.05, 0) is 47.5 Å². The van der Waals surface area contributed by atoms with Crippen LogP contribution in [0.15, 0.2) is 66.7 Å². The first-order chi connectivity index (χ1) is 19.3. The van der Waals surface area contributed by atoms with Gasteiger partial charge in [0.1, 0.15) is 17.7 Å². The maximum absolute atomic E-state index is 14.2. The third-order valence-electron chi connectivity index (χ3n) is 6.67. The Morgan fingerprint density at radius 2 is 1.51 bits per heavy atom. The third-order valence-corrected chi connectivity index (χ3v) is 8.37. The number of nitrogens with two attached hydrogens (primary N) is 1. The van der Waals surface area contributed by atoms with E-state index in [2.05, 4.69) is 5.32 Å². The van der Waals surface area contributed by atoms with Crippen LogP contribution in [-0.2, 0) is 19.6 Å². The van der Waals surface area contributed by atoms with Gasteiger partial charge in [0.05, 0.1) is 36.6 Å². The minimum atomic E-state index is -4.20. The number of aliphatic hydroxyl groups excluding tert-OH is 1. The van der Waals surface area contributed by atoms with E-state index in [1.165, 1.54) is 0 Å². The number of benzene rings is 3. The van der Waals surface area contributed by atoms with E-state index in [-0.39, 0.29) is 12.2 Å². The van der Waals surface area contributed by atoms with Gasteiger partial charge >= 0.3 is 0 Å². The van der Waals surface area contributed by atoms with Crippen molar-refractivity contribution in [3.63, 3.8) is 0 Å². The molecule has 1 aliphatic heterocycles. The average molecular weight is 627 g/mol. The SMILES string of the molecule is CS(=O)(=O)N(c1cc(F)cc(F)c1)C1CN(C(c2ccc(Cl)cc2)c2ccc(Cl)cc2)C1C(O)C(=O)NCC(N)=O. The zero-order chi connectivity index (χ0) is 30.1. The molecule has 3 aromatic carbocycles. The zero-order valence-electron chi connectivity index (χ0n) is 21.5. The Labute approximate surface area is 245 Å². The van der Waals surface area contributed by atoms with Gasteiger partial charge in [-0.25, -0.2) is 17.2 Å². The van der Waals surface area contributed by atoms with Crippen molar-refractivity contribution < 1.29 is 31.9 Å². The molecule has 3 atom stereocenters. The van der Waals surface area contributed by atoms with Crippen LogP contribution in [-0.4, -0.2) is 67.8 Å². The molecule has 14 heteroatoms. The molecule has 1 saturated heterocycles. The summed E-state index contributed by atoms with van der Waals surface area (Å²) >= 11 is 12.2. The van der Waals surface area contributed by atoms with E-state index in [0.717, 1.165) is 22.7 Å². The molecule has 4 rings (SSSR count). The summed E-state index contributed by atoms with van der Waals surface area (Å²) in [4.78, 5) is 25.9. The van der Waals surface area contributed by atoms with Crippen LogP contribution in [0.5, 0.6) is 0 Å². The van der Waals surface area contributed by atoms with Crippen LogP contribution in [0.1, 0.15) is 17.2 Å². The Bertz CT molecular complexity index is 1480. The average Bonchev–Trinajstić information content (AvgIpc) is 2.86. The summed E-state index contributed by atoms with van der Waals surface area (Å²) in [6.07, 6.45) is -1.04. The van der Waals surface area contributed by atoms with Gasteiger partial charge in [0.15, 0.2) is 0 Å². The number of aliphatic hydroxyl groups is 1. The van der Waals surface area contributed by atoms with Crippen molar-refractivity contribution in [1.29, 1.82) is 0 Å². The second-order valence-corrected chi connectivity index (χ2v) is 12.3. The van der Waals surface area contributed by atoms with Crippen molar-refractivity contribution in [2.24, 2.45) is 5.73 Å². The predicted molar refractivity (Wildman–Crippen MR) is 151 cm³/mol. The molecule has 218 valence electrons. The number of amides is 2. The van der Waals surface area contributed by atoms with Crippen LogP contribution in [0.3, 0.4) is 0 Å². The predicted octanol–water partition coefficient (Wildman–Crippen LogP) is 2.84. The number of sulfonamides is 1. The third kappa shape index (κ3) is 6.96. The molecular weight excluding hydrogens is 601 g/mol. The Hall–Kier alpha value is -3.29. The number of primary amides is 1. The Morgan fingerprint density at radius 1 is 1.02 bits per heavy atom. The lowest BCUT2D eigenvalue weighted by molar-refractivity contribution is -0.140. The lowest BCUT2D eigenvalue weighted by Crippen LogP contribution is -2.73. The van der Waals surface area contributed by atoms with Crippen molar-refractivity contribution in [3.05, 3.63) is 99.5 Å². The number of halogens is 4. The number of hydrogen-bond acceptors (Lipinski definition) is 6. The number of likely N-dealkylation sites (tertiary alicyclic amines) is 1. The van der Waals surface area contributed by atoms with E-state index in [9.17, 15) is 31.9 Å². The van der Waals surface area contributed by atoms with Gasteiger partial charge in [0.2, 0.25) is 15.9 Å². The number of nitrogens with zero attached hydrogens (tertiary/aromatic N) is 2. The highest BCUT2D eigenvalue weighted by molar-refractivity contribution is 7.92. The quantitative estimate of drug-likeness (QED) is 0.317. The molecule has 0 aliphatic carbocycles. The first kappa shape index (κ1) is 30.7. The zero-order valence-corrected chi connectivity index (χ0v) is 23.9. The molecule has 0 bridgehead atoms. The van der Waals surface area contributed by atoms with E-state index < -0.39 is 64.2 Å². The van der Waals surface area contributed by atoms with E-state index in [0.29, 0.717) is 27.2 Å². The lowest BCUT2D eigenvalue weighted by atomic mass is 9.84. The highest BCUT2D eigenvalue weighted by Crippen LogP contribution is 2.42. The van der Waals surface area contributed by atoms with Gasteiger partial charge in [0.25, 0.3) is 5.91 Å². The van der Waals surface area contributed by atoms with Crippen LogP contribution < -0.4 is 15.4 Å². The maximum atomic E-state index is 14.2. The summed E-state index contributed by atoms with van der Waals surface area (Å²) in [5, 5.41) is 14.4. The molecule has 0 aromatic heterocycles. The number of rotatable bonds is 10. The molecule has 3 unspecified atom stereocenters. The number of carbonyl (C=O) groups is 2. The second kappa shape index (κ2) is 12.3. The van der Waals surface area contributed by atoms with Crippen LogP contribution in [0.2, 0.25) is 10.0 Å². The van der Waals surface area contributed by atoms with Gasteiger partial charge in [0, 0.05) is 22.7 Å². The van der Waals surface area contributed by atoms with Crippen molar-refractivity contribution in [3.8, 4) is 0 Å². The Morgan fingerprint density at radius 3 is 1.95 bits per heavy atom. The number of anilines is 1. The molecule has 9 nitrogen and oxygen atoms in total. The summed E-state index contributed by atoms with van der Waals surface area (Å²) in [7, 11) is -4.20. The van der Waals surface area contributed by atoms with E-state index in [4.69, 9.17) is 28.9 Å². The molecule has 0 saturated carbocycles. The lowest BCUT2D eigenvalue weighted by Gasteiger charge is -2.56. The summed E-state index contributed by atoms with van der Waals surface area (Å²) in [6.45, 7) is -0.637. The smallest absolute Gasteiger partial charge is 0.251 e. The van der Waals surface area contributed by atoms with Crippen molar-refractivity contribution >= 4 is 50.7 Å². The minimum absolute atomic E-state index is 0.0635. The molecule has 3 aromatic rings.